The van der Waals surface area contributed by atoms with Crippen molar-refractivity contribution in [3.8, 4) is 0 Å². The highest BCUT2D eigenvalue weighted by molar-refractivity contribution is 7.10. The summed E-state index contributed by atoms with van der Waals surface area (Å²) in [5, 5.41) is 13.4. The van der Waals surface area contributed by atoms with Gasteiger partial charge in [-0.15, -0.1) is 22.7 Å². The molecule has 0 aromatic carbocycles. The zero-order valence-corrected chi connectivity index (χ0v) is 17.1. The minimum absolute atomic E-state index is 0.0612. The van der Waals surface area contributed by atoms with Crippen LogP contribution in [-0.4, -0.2) is 39.0 Å². The highest BCUT2D eigenvalue weighted by Gasteiger charge is 2.26. The molecule has 0 fully saturated rings. The van der Waals surface area contributed by atoms with Gasteiger partial charge in [0.05, 0.1) is 13.1 Å². The van der Waals surface area contributed by atoms with Crippen LogP contribution in [0.2, 0.25) is 0 Å². The third-order valence-electron chi connectivity index (χ3n) is 4.02. The van der Waals surface area contributed by atoms with Gasteiger partial charge in [-0.05, 0) is 50.1 Å². The van der Waals surface area contributed by atoms with Gasteiger partial charge in [0.15, 0.2) is 0 Å². The SMILES string of the molecule is CC(C)(C)N(CCCC(=O)N(Cc1cccs1)Cc1cccs1)C(=O)O. The topological polar surface area (TPSA) is 60.9 Å². The Labute approximate surface area is 162 Å². The smallest absolute Gasteiger partial charge is 0.407 e. The quantitative estimate of drug-likeness (QED) is 0.693. The van der Waals surface area contributed by atoms with E-state index < -0.39 is 11.6 Å². The largest absolute Gasteiger partial charge is 0.465 e. The molecule has 2 heterocycles. The summed E-state index contributed by atoms with van der Waals surface area (Å²) >= 11 is 3.28. The van der Waals surface area contributed by atoms with Crippen molar-refractivity contribution in [2.24, 2.45) is 0 Å². The number of hydrogen-bond acceptors (Lipinski definition) is 4. The van der Waals surface area contributed by atoms with Crippen molar-refractivity contribution in [3.63, 3.8) is 0 Å². The average Bonchev–Trinajstić information content (AvgIpc) is 3.22. The Morgan fingerprint density at radius 3 is 1.96 bits per heavy atom. The molecule has 26 heavy (non-hydrogen) atoms. The van der Waals surface area contributed by atoms with Gasteiger partial charge in [0.1, 0.15) is 0 Å². The molecule has 2 rings (SSSR count). The summed E-state index contributed by atoms with van der Waals surface area (Å²) in [5.41, 5.74) is -0.470. The van der Waals surface area contributed by atoms with Crippen molar-refractivity contribution >= 4 is 34.7 Å². The summed E-state index contributed by atoms with van der Waals surface area (Å²) in [7, 11) is 0. The maximum absolute atomic E-state index is 12.8. The van der Waals surface area contributed by atoms with Crippen LogP contribution in [0.5, 0.6) is 0 Å². The number of thiophene rings is 2. The number of nitrogens with zero attached hydrogens (tertiary/aromatic N) is 2. The number of carboxylic acid groups (broad SMARTS) is 1. The Morgan fingerprint density at radius 1 is 1.04 bits per heavy atom. The first kappa shape index (κ1) is 20.5. The summed E-state index contributed by atoms with van der Waals surface area (Å²) in [6.07, 6.45) is -0.0799. The summed E-state index contributed by atoms with van der Waals surface area (Å²) in [6.45, 7) is 7.14. The molecule has 0 unspecified atom stereocenters. The minimum atomic E-state index is -0.945. The van der Waals surface area contributed by atoms with E-state index in [4.69, 9.17) is 0 Å². The Kier molecular flexibility index (Phi) is 7.23. The van der Waals surface area contributed by atoms with E-state index in [2.05, 4.69) is 0 Å². The second kappa shape index (κ2) is 9.19. The zero-order valence-electron chi connectivity index (χ0n) is 15.5. The Hall–Kier alpha value is -1.86. The fourth-order valence-electron chi connectivity index (χ4n) is 2.68. The molecule has 2 aromatic rings. The molecule has 0 spiro atoms. The predicted octanol–water partition coefficient (Wildman–Crippen LogP) is 4.90. The number of carbonyl (C=O) groups is 2. The van der Waals surface area contributed by atoms with Crippen LogP contribution in [0, 0.1) is 0 Å². The van der Waals surface area contributed by atoms with E-state index in [1.54, 1.807) is 22.7 Å². The van der Waals surface area contributed by atoms with E-state index in [1.807, 2.05) is 60.7 Å². The summed E-state index contributed by atoms with van der Waals surface area (Å²) in [6, 6.07) is 8.04. The second-order valence-corrected chi connectivity index (χ2v) is 9.18. The molecule has 0 aliphatic rings. The number of amides is 2. The van der Waals surface area contributed by atoms with Crippen molar-refractivity contribution < 1.29 is 14.7 Å². The molecule has 5 nitrogen and oxygen atoms in total. The molecule has 0 radical (unpaired) electrons. The molecule has 7 heteroatoms. The van der Waals surface area contributed by atoms with Crippen LogP contribution in [0.4, 0.5) is 4.79 Å². The number of carbonyl (C=O) groups excluding carboxylic acids is 1. The minimum Gasteiger partial charge on any atom is -0.465 e. The Balaban J connectivity index is 1.96. The molecule has 2 amide bonds. The van der Waals surface area contributed by atoms with Crippen LogP contribution in [0.3, 0.4) is 0 Å². The van der Waals surface area contributed by atoms with Crippen LogP contribution in [0.25, 0.3) is 0 Å². The molecule has 0 aliphatic heterocycles. The fraction of sp³-hybridized carbons (Fsp3) is 0.474. The van der Waals surface area contributed by atoms with Crippen molar-refractivity contribution in [2.75, 3.05) is 6.54 Å². The van der Waals surface area contributed by atoms with E-state index in [-0.39, 0.29) is 5.91 Å². The molecule has 0 saturated carbocycles. The standard InChI is InChI=1S/C19H26N2O3S2/c1-19(2,3)21(18(23)24)10-4-9-17(22)20(13-15-7-5-11-25-15)14-16-8-6-12-26-16/h5-8,11-12H,4,9-10,13-14H2,1-3H3,(H,23,24). The van der Waals surface area contributed by atoms with Gasteiger partial charge in [-0.3, -0.25) is 4.79 Å². The first-order chi connectivity index (χ1) is 12.3. The van der Waals surface area contributed by atoms with Crippen molar-refractivity contribution in [3.05, 3.63) is 44.8 Å². The van der Waals surface area contributed by atoms with Gasteiger partial charge in [-0.2, -0.15) is 0 Å². The van der Waals surface area contributed by atoms with E-state index in [0.29, 0.717) is 32.5 Å². The average molecular weight is 395 g/mol. The molecule has 0 bridgehead atoms. The highest BCUT2D eigenvalue weighted by atomic mass is 32.1. The van der Waals surface area contributed by atoms with E-state index in [9.17, 15) is 14.7 Å². The Bertz CT molecular complexity index is 655. The lowest BCUT2D eigenvalue weighted by Crippen LogP contribution is -2.45. The lowest BCUT2D eigenvalue weighted by molar-refractivity contribution is -0.132. The van der Waals surface area contributed by atoms with Crippen molar-refractivity contribution in [1.29, 1.82) is 0 Å². The lowest BCUT2D eigenvalue weighted by atomic mass is 10.1. The monoisotopic (exact) mass is 394 g/mol. The lowest BCUT2D eigenvalue weighted by Gasteiger charge is -2.33. The number of hydrogen-bond donors (Lipinski definition) is 1. The first-order valence-corrected chi connectivity index (χ1v) is 10.4. The zero-order chi connectivity index (χ0) is 19.2. The molecular formula is C19H26N2O3S2. The van der Waals surface area contributed by atoms with Gasteiger partial charge >= 0.3 is 6.09 Å². The van der Waals surface area contributed by atoms with Gasteiger partial charge < -0.3 is 14.9 Å². The fourth-order valence-corrected chi connectivity index (χ4v) is 4.12. The van der Waals surface area contributed by atoms with Gasteiger partial charge in [0, 0.05) is 28.3 Å². The van der Waals surface area contributed by atoms with E-state index in [0.717, 1.165) is 9.75 Å². The van der Waals surface area contributed by atoms with Crippen LogP contribution in [0.15, 0.2) is 35.0 Å². The number of rotatable bonds is 8. The van der Waals surface area contributed by atoms with Crippen LogP contribution >= 0.6 is 22.7 Å². The van der Waals surface area contributed by atoms with Crippen molar-refractivity contribution in [1.82, 2.24) is 9.80 Å². The molecular weight excluding hydrogens is 368 g/mol. The Morgan fingerprint density at radius 2 is 1.58 bits per heavy atom. The molecule has 0 atom stereocenters. The summed E-state index contributed by atoms with van der Waals surface area (Å²) < 4.78 is 0. The molecule has 2 aromatic heterocycles. The van der Waals surface area contributed by atoms with Crippen LogP contribution < -0.4 is 0 Å². The highest BCUT2D eigenvalue weighted by Crippen LogP contribution is 2.19. The molecule has 0 aliphatic carbocycles. The van der Waals surface area contributed by atoms with Gasteiger partial charge in [-0.1, -0.05) is 12.1 Å². The van der Waals surface area contributed by atoms with Gasteiger partial charge in [0.25, 0.3) is 0 Å². The molecule has 142 valence electrons. The molecule has 0 saturated heterocycles. The maximum atomic E-state index is 12.8. The first-order valence-electron chi connectivity index (χ1n) is 8.60. The summed E-state index contributed by atoms with van der Waals surface area (Å²) in [5.74, 6) is 0.0612. The third-order valence-corrected chi connectivity index (χ3v) is 5.74. The third kappa shape index (κ3) is 6.14. The van der Waals surface area contributed by atoms with Gasteiger partial charge in [-0.25, -0.2) is 4.79 Å². The predicted molar refractivity (Wildman–Crippen MR) is 107 cm³/mol. The van der Waals surface area contributed by atoms with E-state index in [1.165, 1.54) is 4.90 Å². The summed E-state index contributed by atoms with van der Waals surface area (Å²) in [4.78, 5) is 29.7. The maximum Gasteiger partial charge on any atom is 0.407 e. The van der Waals surface area contributed by atoms with Crippen LogP contribution in [-0.2, 0) is 17.9 Å². The van der Waals surface area contributed by atoms with Crippen molar-refractivity contribution in [2.45, 2.75) is 52.2 Å². The second-order valence-electron chi connectivity index (χ2n) is 7.12. The van der Waals surface area contributed by atoms with Gasteiger partial charge in [0.2, 0.25) is 5.91 Å². The normalized spacial score (nSPS) is 11.3. The van der Waals surface area contributed by atoms with E-state index >= 15 is 0 Å². The molecule has 1 N–H and O–H groups in total. The van der Waals surface area contributed by atoms with Crippen LogP contribution in [0.1, 0.15) is 43.4 Å².